The minimum absolute atomic E-state index is 0. The second-order valence-electron chi connectivity index (χ2n) is 6.40. The SMILES string of the molecule is CC(C)(C)c1cccc(CN2CCCCC2)c1O.[Al+3].[CH3-].[CH3-]. The predicted molar refractivity (Wildman–Crippen MR) is 94.5 cm³/mol. The third kappa shape index (κ3) is 6.03. The number of aromatic hydroxyl groups is 1. The molecule has 2 rings (SSSR count). The van der Waals surface area contributed by atoms with E-state index in [0.717, 1.165) is 17.7 Å². The molecule has 2 nitrogen and oxygen atoms in total. The molecule has 21 heavy (non-hydrogen) atoms. The molecule has 0 aromatic heterocycles. The number of piperidine rings is 1. The molecule has 3 heteroatoms. The van der Waals surface area contributed by atoms with Gasteiger partial charge in [0.05, 0.1) is 0 Å². The van der Waals surface area contributed by atoms with Crippen molar-refractivity contribution in [3.8, 4) is 5.75 Å². The fraction of sp³-hybridized carbons (Fsp3) is 0.556. The van der Waals surface area contributed by atoms with Crippen LogP contribution in [0.5, 0.6) is 5.75 Å². The first-order valence-corrected chi connectivity index (χ1v) is 7.02. The molecule has 0 bridgehead atoms. The number of nitrogens with zero attached hydrogens (tertiary/aromatic N) is 1. The van der Waals surface area contributed by atoms with E-state index in [4.69, 9.17) is 0 Å². The standard InChI is InChI=1S/C16H25NO.2CH3.Al/c1-16(2,3)14-9-7-8-13(15(14)18)12-17-10-5-4-6-11-17;;;/h7-9,18H,4-6,10-12H2,1-3H3;2*1H3;/q;2*-1;+3. The summed E-state index contributed by atoms with van der Waals surface area (Å²) in [5.41, 5.74) is 2.13. The van der Waals surface area contributed by atoms with Crippen molar-refractivity contribution in [2.24, 2.45) is 0 Å². The number of benzene rings is 1. The zero-order chi connectivity index (χ0) is 13.2. The Morgan fingerprint density at radius 1 is 1.05 bits per heavy atom. The minimum Gasteiger partial charge on any atom is -0.507 e. The van der Waals surface area contributed by atoms with Crippen molar-refractivity contribution in [1.29, 1.82) is 0 Å². The number of phenolic OH excluding ortho intramolecular Hbond substituents is 1. The second-order valence-corrected chi connectivity index (χ2v) is 6.40. The molecule has 1 saturated heterocycles. The number of phenols is 1. The number of hydrogen-bond acceptors (Lipinski definition) is 2. The molecular formula is C18H31AlNO+. The van der Waals surface area contributed by atoms with Gasteiger partial charge in [-0.25, -0.2) is 0 Å². The minimum atomic E-state index is 0. The maximum Gasteiger partial charge on any atom is 3.00 e. The van der Waals surface area contributed by atoms with Gasteiger partial charge in [0, 0.05) is 12.1 Å². The van der Waals surface area contributed by atoms with Crippen molar-refractivity contribution < 1.29 is 5.11 Å². The smallest absolute Gasteiger partial charge is 0.507 e. The van der Waals surface area contributed by atoms with Gasteiger partial charge >= 0.3 is 17.4 Å². The van der Waals surface area contributed by atoms with E-state index in [1.54, 1.807) is 0 Å². The summed E-state index contributed by atoms with van der Waals surface area (Å²) in [5.74, 6) is 0.496. The molecule has 0 atom stereocenters. The molecule has 1 aromatic carbocycles. The van der Waals surface area contributed by atoms with E-state index in [2.05, 4.69) is 37.8 Å². The molecule has 1 N–H and O–H groups in total. The molecule has 116 valence electrons. The Morgan fingerprint density at radius 3 is 2.14 bits per heavy atom. The molecule has 1 heterocycles. The van der Waals surface area contributed by atoms with E-state index >= 15 is 0 Å². The predicted octanol–water partition coefficient (Wildman–Crippen LogP) is 4.20. The van der Waals surface area contributed by atoms with E-state index in [9.17, 15) is 5.11 Å². The first-order valence-electron chi connectivity index (χ1n) is 7.02. The Labute approximate surface area is 142 Å². The first kappa shape index (κ1) is 22.8. The largest absolute Gasteiger partial charge is 3.00 e. The van der Waals surface area contributed by atoms with Crippen molar-refractivity contribution in [1.82, 2.24) is 4.90 Å². The molecule has 1 aromatic rings. The summed E-state index contributed by atoms with van der Waals surface area (Å²) in [4.78, 5) is 2.45. The van der Waals surface area contributed by atoms with Gasteiger partial charge in [-0.3, -0.25) is 4.90 Å². The van der Waals surface area contributed by atoms with E-state index in [0.29, 0.717) is 5.75 Å². The normalized spacial score (nSPS) is 15.4. The number of hydrogen-bond donors (Lipinski definition) is 1. The molecule has 0 unspecified atom stereocenters. The van der Waals surface area contributed by atoms with Crippen LogP contribution in [-0.4, -0.2) is 40.5 Å². The van der Waals surface area contributed by atoms with Crippen LogP contribution in [0.3, 0.4) is 0 Å². The fourth-order valence-corrected chi connectivity index (χ4v) is 2.68. The molecule has 0 aliphatic carbocycles. The average Bonchev–Trinajstić information content (AvgIpc) is 2.32. The van der Waals surface area contributed by atoms with Gasteiger partial charge in [0.25, 0.3) is 0 Å². The van der Waals surface area contributed by atoms with E-state index in [1.165, 1.54) is 32.4 Å². The zero-order valence-corrected chi connectivity index (χ0v) is 15.6. The van der Waals surface area contributed by atoms with Crippen molar-refractivity contribution in [3.05, 3.63) is 44.2 Å². The van der Waals surface area contributed by atoms with E-state index in [-0.39, 0.29) is 37.6 Å². The summed E-state index contributed by atoms with van der Waals surface area (Å²) >= 11 is 0. The summed E-state index contributed by atoms with van der Waals surface area (Å²) in [7, 11) is 0. The van der Waals surface area contributed by atoms with Gasteiger partial charge in [0.1, 0.15) is 5.75 Å². The average molecular weight is 304 g/mol. The van der Waals surface area contributed by atoms with Crippen molar-refractivity contribution in [2.75, 3.05) is 13.1 Å². The van der Waals surface area contributed by atoms with Gasteiger partial charge < -0.3 is 20.0 Å². The van der Waals surface area contributed by atoms with Crippen LogP contribution in [0.4, 0.5) is 0 Å². The van der Waals surface area contributed by atoms with Crippen LogP contribution < -0.4 is 0 Å². The second kappa shape index (κ2) is 9.51. The Bertz CT molecular complexity index is 406. The molecule has 1 aliphatic heterocycles. The maximum absolute atomic E-state index is 10.4. The molecule has 0 amide bonds. The molecule has 1 aliphatic rings. The van der Waals surface area contributed by atoms with Gasteiger partial charge in [0.15, 0.2) is 0 Å². The van der Waals surface area contributed by atoms with Crippen LogP contribution in [0.1, 0.15) is 51.2 Å². The molecule has 1 fully saturated rings. The Hall–Kier alpha value is -0.488. The Kier molecular flexibility index (Phi) is 10.3. The van der Waals surface area contributed by atoms with Crippen LogP contribution in [0.15, 0.2) is 18.2 Å². The number of likely N-dealkylation sites (tertiary alicyclic amines) is 1. The number of rotatable bonds is 2. The maximum atomic E-state index is 10.4. The van der Waals surface area contributed by atoms with Crippen molar-refractivity contribution >= 4 is 17.4 Å². The summed E-state index contributed by atoms with van der Waals surface area (Å²) in [6.07, 6.45) is 3.93. The summed E-state index contributed by atoms with van der Waals surface area (Å²) in [5, 5.41) is 10.4. The van der Waals surface area contributed by atoms with Gasteiger partial charge in [-0.2, -0.15) is 0 Å². The quantitative estimate of drug-likeness (QED) is 0.654. The van der Waals surface area contributed by atoms with E-state index in [1.807, 2.05) is 6.07 Å². The van der Waals surface area contributed by atoms with Gasteiger partial charge in [0.2, 0.25) is 0 Å². The summed E-state index contributed by atoms with van der Waals surface area (Å²) in [6, 6.07) is 6.16. The third-order valence-electron chi connectivity index (χ3n) is 3.77. The summed E-state index contributed by atoms with van der Waals surface area (Å²) in [6.45, 7) is 9.65. The zero-order valence-electron chi connectivity index (χ0n) is 14.4. The Morgan fingerprint density at radius 2 is 1.62 bits per heavy atom. The molecular weight excluding hydrogens is 273 g/mol. The Balaban J connectivity index is 0. The van der Waals surface area contributed by atoms with Crippen molar-refractivity contribution in [3.63, 3.8) is 0 Å². The van der Waals surface area contributed by atoms with Crippen LogP contribution in [0.25, 0.3) is 0 Å². The van der Waals surface area contributed by atoms with Crippen molar-refractivity contribution in [2.45, 2.75) is 52.0 Å². The topological polar surface area (TPSA) is 23.5 Å². The monoisotopic (exact) mass is 304 g/mol. The molecule has 0 radical (unpaired) electrons. The molecule has 0 saturated carbocycles. The first-order chi connectivity index (χ1) is 8.48. The molecule has 0 spiro atoms. The van der Waals surface area contributed by atoms with Gasteiger partial charge in [-0.05, 0) is 36.9 Å². The van der Waals surface area contributed by atoms with E-state index < -0.39 is 0 Å². The van der Waals surface area contributed by atoms with Crippen LogP contribution in [0, 0.1) is 14.9 Å². The fourth-order valence-electron chi connectivity index (χ4n) is 2.68. The van der Waals surface area contributed by atoms with Crippen LogP contribution in [0.2, 0.25) is 0 Å². The van der Waals surface area contributed by atoms with Gasteiger partial charge in [-0.1, -0.05) is 45.4 Å². The number of para-hydroxylation sites is 1. The van der Waals surface area contributed by atoms with Crippen LogP contribution >= 0.6 is 0 Å². The van der Waals surface area contributed by atoms with Crippen LogP contribution in [-0.2, 0) is 12.0 Å². The third-order valence-corrected chi connectivity index (χ3v) is 3.77. The van der Waals surface area contributed by atoms with Gasteiger partial charge in [-0.15, -0.1) is 0 Å². The summed E-state index contributed by atoms with van der Waals surface area (Å²) < 4.78 is 0.